The summed E-state index contributed by atoms with van der Waals surface area (Å²) in [5.74, 6) is -0.0741. The van der Waals surface area contributed by atoms with Gasteiger partial charge in [0, 0.05) is 12.5 Å². The molecule has 0 radical (unpaired) electrons. The fourth-order valence-electron chi connectivity index (χ4n) is 2.17. The average Bonchev–Trinajstić information content (AvgIpc) is 2.94. The highest BCUT2D eigenvalue weighted by Gasteiger charge is 2.25. The molecule has 0 saturated heterocycles. The monoisotopic (exact) mass is 233 g/mol. The van der Waals surface area contributed by atoms with Gasteiger partial charge in [0.15, 0.2) is 0 Å². The predicted octanol–water partition coefficient (Wildman–Crippen LogP) is 0.777. The van der Waals surface area contributed by atoms with Gasteiger partial charge >= 0.3 is 0 Å². The van der Waals surface area contributed by atoms with Crippen LogP contribution in [-0.4, -0.2) is 28.6 Å². The Kier molecular flexibility index (Phi) is 3.45. The van der Waals surface area contributed by atoms with Crippen molar-refractivity contribution in [2.24, 2.45) is 5.92 Å². The molecule has 0 aliphatic heterocycles. The number of aromatic nitrogens is 1. The van der Waals surface area contributed by atoms with E-state index in [1.807, 2.05) is 6.07 Å². The van der Waals surface area contributed by atoms with Gasteiger partial charge in [0.2, 0.25) is 0 Å². The largest absolute Gasteiger partial charge is 0.393 e. The van der Waals surface area contributed by atoms with Crippen LogP contribution in [0.15, 0.2) is 12.1 Å². The lowest BCUT2D eigenvalue weighted by atomic mass is 10.1. The fraction of sp³-hybridized carbons (Fsp3) is 0.500. The number of aliphatic hydroxyl groups excluding tert-OH is 1. The van der Waals surface area contributed by atoms with Crippen LogP contribution in [0.2, 0.25) is 0 Å². The summed E-state index contributed by atoms with van der Waals surface area (Å²) in [7, 11) is 0. The van der Waals surface area contributed by atoms with E-state index >= 15 is 0 Å². The van der Waals surface area contributed by atoms with Crippen LogP contribution in [0.4, 0.5) is 0 Å². The van der Waals surface area contributed by atoms with E-state index in [4.69, 9.17) is 5.26 Å². The van der Waals surface area contributed by atoms with Crippen molar-refractivity contribution in [3.63, 3.8) is 0 Å². The number of aromatic amines is 1. The third kappa shape index (κ3) is 2.66. The molecular weight excluding hydrogens is 218 g/mol. The molecule has 90 valence electrons. The number of nitriles is 1. The van der Waals surface area contributed by atoms with Crippen molar-refractivity contribution in [2.75, 3.05) is 6.54 Å². The Labute approximate surface area is 99.5 Å². The number of carbonyl (C=O) groups excluding carboxylic acids is 1. The molecule has 2 atom stereocenters. The third-order valence-corrected chi connectivity index (χ3v) is 3.19. The van der Waals surface area contributed by atoms with Crippen molar-refractivity contribution < 1.29 is 9.90 Å². The standard InChI is InChI=1S/C12H15N3O2/c13-6-9-4-5-10(15-9)12(17)14-7-8-2-1-3-11(8)16/h4-5,8,11,15-16H,1-3,7H2,(H,14,17). The van der Waals surface area contributed by atoms with Crippen LogP contribution in [-0.2, 0) is 0 Å². The number of rotatable bonds is 3. The molecule has 1 amide bonds. The number of nitrogens with zero attached hydrogens (tertiary/aromatic N) is 1. The van der Waals surface area contributed by atoms with Gasteiger partial charge in [0.05, 0.1) is 6.10 Å². The first-order chi connectivity index (χ1) is 8.20. The number of hydrogen-bond acceptors (Lipinski definition) is 3. The highest BCUT2D eigenvalue weighted by atomic mass is 16.3. The summed E-state index contributed by atoms with van der Waals surface area (Å²) in [4.78, 5) is 14.4. The summed E-state index contributed by atoms with van der Waals surface area (Å²) in [5.41, 5.74) is 0.755. The van der Waals surface area contributed by atoms with Gasteiger partial charge < -0.3 is 15.4 Å². The molecule has 5 heteroatoms. The number of H-pyrrole nitrogens is 1. The van der Waals surface area contributed by atoms with E-state index in [-0.39, 0.29) is 17.9 Å². The summed E-state index contributed by atoms with van der Waals surface area (Å²) >= 11 is 0. The van der Waals surface area contributed by atoms with E-state index in [0.717, 1.165) is 19.3 Å². The molecule has 1 aliphatic rings. The molecule has 0 spiro atoms. The molecule has 17 heavy (non-hydrogen) atoms. The minimum absolute atomic E-state index is 0.157. The van der Waals surface area contributed by atoms with Gasteiger partial charge in [0.25, 0.3) is 5.91 Å². The Bertz CT molecular complexity index is 447. The maximum Gasteiger partial charge on any atom is 0.267 e. The lowest BCUT2D eigenvalue weighted by Crippen LogP contribution is -2.32. The molecule has 5 nitrogen and oxygen atoms in total. The first kappa shape index (κ1) is 11.7. The average molecular weight is 233 g/mol. The molecule has 0 aromatic carbocycles. The van der Waals surface area contributed by atoms with Gasteiger partial charge in [-0.15, -0.1) is 0 Å². The van der Waals surface area contributed by atoms with Crippen molar-refractivity contribution >= 4 is 5.91 Å². The van der Waals surface area contributed by atoms with Crippen molar-refractivity contribution in [2.45, 2.75) is 25.4 Å². The second-order valence-electron chi connectivity index (χ2n) is 4.37. The minimum atomic E-state index is -0.298. The molecule has 3 N–H and O–H groups in total. The van der Waals surface area contributed by atoms with Crippen LogP contribution in [0.5, 0.6) is 0 Å². The summed E-state index contributed by atoms with van der Waals surface area (Å²) in [5, 5.41) is 21.0. The number of amides is 1. The van der Waals surface area contributed by atoms with E-state index in [0.29, 0.717) is 17.9 Å². The zero-order chi connectivity index (χ0) is 12.3. The highest BCUT2D eigenvalue weighted by molar-refractivity contribution is 5.92. The van der Waals surface area contributed by atoms with E-state index in [2.05, 4.69) is 10.3 Å². The normalized spacial score (nSPS) is 23.3. The smallest absolute Gasteiger partial charge is 0.267 e. The van der Waals surface area contributed by atoms with Crippen molar-refractivity contribution in [3.05, 3.63) is 23.5 Å². The third-order valence-electron chi connectivity index (χ3n) is 3.19. The maximum absolute atomic E-state index is 11.7. The summed E-state index contributed by atoms with van der Waals surface area (Å²) in [6, 6.07) is 5.08. The van der Waals surface area contributed by atoms with Gasteiger partial charge in [-0.1, -0.05) is 6.42 Å². The molecule has 1 fully saturated rings. The van der Waals surface area contributed by atoms with E-state index in [9.17, 15) is 9.90 Å². The topological polar surface area (TPSA) is 88.9 Å². The van der Waals surface area contributed by atoms with Crippen LogP contribution >= 0.6 is 0 Å². The number of aliphatic hydroxyl groups is 1. The molecule has 0 bridgehead atoms. The number of carbonyl (C=O) groups is 1. The molecule has 1 heterocycles. The van der Waals surface area contributed by atoms with Crippen molar-refractivity contribution in [1.82, 2.24) is 10.3 Å². The first-order valence-electron chi connectivity index (χ1n) is 5.76. The molecule has 1 saturated carbocycles. The lowest BCUT2D eigenvalue weighted by molar-refractivity contribution is 0.0912. The van der Waals surface area contributed by atoms with Crippen LogP contribution in [0, 0.1) is 17.2 Å². The second kappa shape index (κ2) is 5.02. The lowest BCUT2D eigenvalue weighted by Gasteiger charge is -2.14. The van der Waals surface area contributed by atoms with Gasteiger partial charge in [-0.3, -0.25) is 4.79 Å². The second-order valence-corrected chi connectivity index (χ2v) is 4.37. The Balaban J connectivity index is 1.87. The quantitative estimate of drug-likeness (QED) is 0.720. The number of nitrogens with one attached hydrogen (secondary N) is 2. The van der Waals surface area contributed by atoms with E-state index < -0.39 is 0 Å². The Morgan fingerprint density at radius 1 is 1.59 bits per heavy atom. The minimum Gasteiger partial charge on any atom is -0.393 e. The molecule has 1 aromatic rings. The molecule has 1 aliphatic carbocycles. The van der Waals surface area contributed by atoms with Crippen LogP contribution in [0.25, 0.3) is 0 Å². The van der Waals surface area contributed by atoms with Crippen LogP contribution < -0.4 is 5.32 Å². The summed E-state index contributed by atoms with van der Waals surface area (Å²) in [6.07, 6.45) is 2.49. The Hall–Kier alpha value is -1.80. The maximum atomic E-state index is 11.7. The summed E-state index contributed by atoms with van der Waals surface area (Å²) < 4.78 is 0. The van der Waals surface area contributed by atoms with Crippen LogP contribution in [0.3, 0.4) is 0 Å². The molecule has 2 rings (SSSR count). The van der Waals surface area contributed by atoms with Gasteiger partial charge in [-0.25, -0.2) is 0 Å². The molecule has 1 aromatic heterocycles. The van der Waals surface area contributed by atoms with Crippen molar-refractivity contribution in [3.8, 4) is 6.07 Å². The van der Waals surface area contributed by atoms with E-state index in [1.54, 1.807) is 12.1 Å². The Morgan fingerprint density at radius 3 is 3.00 bits per heavy atom. The summed E-state index contributed by atoms with van der Waals surface area (Å²) in [6.45, 7) is 0.487. The molecule has 2 unspecified atom stereocenters. The fourth-order valence-corrected chi connectivity index (χ4v) is 2.17. The molecular formula is C12H15N3O2. The van der Waals surface area contributed by atoms with Gasteiger partial charge in [-0.2, -0.15) is 5.26 Å². The highest BCUT2D eigenvalue weighted by Crippen LogP contribution is 2.24. The predicted molar refractivity (Wildman–Crippen MR) is 61.2 cm³/mol. The van der Waals surface area contributed by atoms with Gasteiger partial charge in [-0.05, 0) is 25.0 Å². The van der Waals surface area contributed by atoms with Crippen LogP contribution in [0.1, 0.15) is 35.4 Å². The SMILES string of the molecule is N#Cc1ccc(C(=O)NCC2CCCC2O)[nH]1. The Morgan fingerprint density at radius 2 is 2.41 bits per heavy atom. The first-order valence-corrected chi connectivity index (χ1v) is 5.76. The number of hydrogen-bond donors (Lipinski definition) is 3. The van der Waals surface area contributed by atoms with Gasteiger partial charge in [0.1, 0.15) is 17.5 Å². The zero-order valence-corrected chi connectivity index (χ0v) is 9.44. The zero-order valence-electron chi connectivity index (χ0n) is 9.44. The van der Waals surface area contributed by atoms with E-state index in [1.165, 1.54) is 0 Å². The van der Waals surface area contributed by atoms with Crippen molar-refractivity contribution in [1.29, 1.82) is 5.26 Å².